The molecule has 23 heavy (non-hydrogen) atoms. The topological polar surface area (TPSA) is 53.6 Å². The Balaban J connectivity index is 1.49. The molecule has 0 saturated carbocycles. The molecule has 1 unspecified atom stereocenters. The predicted molar refractivity (Wildman–Crippen MR) is 98.0 cm³/mol. The number of hydrogen-bond acceptors (Lipinski definition) is 2. The zero-order valence-electron chi connectivity index (χ0n) is 14.5. The molecule has 1 aromatic rings. The average Bonchev–Trinajstić information content (AvgIpc) is 3.13. The Morgan fingerprint density at radius 2 is 2.17 bits per heavy atom. The quantitative estimate of drug-likeness (QED) is 0.649. The number of nitrogens with two attached hydrogens (primary N) is 1. The number of aliphatic imine (C=N–C) groups is 1. The van der Waals surface area contributed by atoms with E-state index in [2.05, 4.69) is 47.3 Å². The third kappa shape index (κ3) is 4.47. The summed E-state index contributed by atoms with van der Waals surface area (Å²) in [6, 6.07) is 6.57. The number of anilines is 1. The molecule has 0 aromatic heterocycles. The lowest BCUT2D eigenvalue weighted by molar-refractivity contribution is 0.288. The third-order valence-electron chi connectivity index (χ3n) is 4.88. The minimum atomic E-state index is 0.547. The van der Waals surface area contributed by atoms with Crippen molar-refractivity contribution >= 4 is 11.6 Å². The largest absolute Gasteiger partial charge is 0.370 e. The molecular formula is C19H30N4. The lowest BCUT2D eigenvalue weighted by atomic mass is 10.1. The highest BCUT2D eigenvalue weighted by Crippen LogP contribution is 2.24. The van der Waals surface area contributed by atoms with Crippen molar-refractivity contribution in [1.29, 1.82) is 0 Å². The van der Waals surface area contributed by atoms with Gasteiger partial charge in [0.25, 0.3) is 0 Å². The number of nitrogens with zero attached hydrogens (tertiary/aromatic N) is 2. The van der Waals surface area contributed by atoms with Crippen LogP contribution in [0.3, 0.4) is 0 Å². The molecule has 0 bridgehead atoms. The predicted octanol–water partition coefficient (Wildman–Crippen LogP) is 2.88. The second-order valence-electron chi connectivity index (χ2n) is 7.50. The third-order valence-corrected chi connectivity index (χ3v) is 4.88. The number of benzene rings is 1. The molecule has 1 aromatic carbocycles. The summed E-state index contributed by atoms with van der Waals surface area (Å²) in [4.78, 5) is 7.12. The van der Waals surface area contributed by atoms with E-state index in [9.17, 15) is 0 Å². The van der Waals surface area contributed by atoms with E-state index in [-0.39, 0.29) is 0 Å². The zero-order chi connectivity index (χ0) is 16.2. The summed E-state index contributed by atoms with van der Waals surface area (Å²) in [5.74, 6) is 1.93. The van der Waals surface area contributed by atoms with Gasteiger partial charge in [-0.05, 0) is 67.3 Å². The molecule has 1 saturated heterocycles. The van der Waals surface area contributed by atoms with Gasteiger partial charge in [0, 0.05) is 25.3 Å². The van der Waals surface area contributed by atoms with E-state index in [0.29, 0.717) is 11.9 Å². The van der Waals surface area contributed by atoms with Crippen LogP contribution in [0.5, 0.6) is 0 Å². The highest BCUT2D eigenvalue weighted by Gasteiger charge is 2.22. The van der Waals surface area contributed by atoms with Crippen LogP contribution in [0.4, 0.5) is 5.69 Å². The molecule has 1 atom stereocenters. The Labute approximate surface area is 140 Å². The van der Waals surface area contributed by atoms with Crippen LogP contribution in [0.2, 0.25) is 0 Å². The average molecular weight is 314 g/mol. The molecule has 1 aliphatic carbocycles. The summed E-state index contributed by atoms with van der Waals surface area (Å²) in [6.07, 6.45) is 4.92. The van der Waals surface area contributed by atoms with Gasteiger partial charge in [-0.2, -0.15) is 0 Å². The number of fused-ring (bicyclic) bond motifs is 1. The maximum atomic E-state index is 6.07. The summed E-state index contributed by atoms with van der Waals surface area (Å²) in [5.41, 5.74) is 10.1. The van der Waals surface area contributed by atoms with E-state index in [4.69, 9.17) is 5.73 Å². The van der Waals surface area contributed by atoms with Crippen molar-refractivity contribution in [2.75, 3.05) is 31.5 Å². The SMILES string of the molecule is CC(C)CN1CCC(CN=C(N)Nc2ccc3c(c2)CCC3)C1. The Morgan fingerprint density at radius 1 is 1.35 bits per heavy atom. The van der Waals surface area contributed by atoms with Gasteiger partial charge in [0.15, 0.2) is 5.96 Å². The highest BCUT2D eigenvalue weighted by atomic mass is 15.2. The zero-order valence-corrected chi connectivity index (χ0v) is 14.5. The molecule has 1 heterocycles. The minimum absolute atomic E-state index is 0.547. The van der Waals surface area contributed by atoms with Crippen LogP contribution in [-0.4, -0.2) is 37.0 Å². The van der Waals surface area contributed by atoms with Crippen molar-refractivity contribution in [3.63, 3.8) is 0 Å². The van der Waals surface area contributed by atoms with Crippen molar-refractivity contribution in [2.24, 2.45) is 22.6 Å². The Kier molecular flexibility index (Phi) is 5.21. The van der Waals surface area contributed by atoms with Gasteiger partial charge in [-0.3, -0.25) is 4.99 Å². The number of guanidine groups is 1. The van der Waals surface area contributed by atoms with Gasteiger partial charge in [0.05, 0.1) is 0 Å². The van der Waals surface area contributed by atoms with E-state index in [1.165, 1.54) is 49.9 Å². The first-order valence-corrected chi connectivity index (χ1v) is 9.01. The van der Waals surface area contributed by atoms with Crippen LogP contribution in [0.25, 0.3) is 0 Å². The number of hydrogen-bond donors (Lipinski definition) is 2. The van der Waals surface area contributed by atoms with E-state index in [0.717, 1.165) is 24.7 Å². The maximum absolute atomic E-state index is 6.07. The molecular weight excluding hydrogens is 284 g/mol. The standard InChI is InChI=1S/C19H30N4/c1-14(2)12-23-9-8-15(13-23)11-21-19(20)22-18-7-6-16-4-3-5-17(16)10-18/h6-7,10,14-15H,3-5,8-9,11-13H2,1-2H3,(H3,20,21,22). The van der Waals surface area contributed by atoms with Crippen molar-refractivity contribution < 1.29 is 0 Å². The Bertz CT molecular complexity index is 564. The van der Waals surface area contributed by atoms with Gasteiger partial charge in [0.2, 0.25) is 0 Å². The first-order chi connectivity index (χ1) is 11.1. The van der Waals surface area contributed by atoms with Crippen LogP contribution in [0, 0.1) is 11.8 Å². The van der Waals surface area contributed by atoms with Gasteiger partial charge in [-0.1, -0.05) is 19.9 Å². The molecule has 0 radical (unpaired) electrons. The van der Waals surface area contributed by atoms with Crippen LogP contribution >= 0.6 is 0 Å². The highest BCUT2D eigenvalue weighted by molar-refractivity contribution is 5.92. The molecule has 1 fully saturated rings. The monoisotopic (exact) mass is 314 g/mol. The molecule has 3 N–H and O–H groups in total. The first-order valence-electron chi connectivity index (χ1n) is 9.01. The van der Waals surface area contributed by atoms with Crippen LogP contribution in [0.15, 0.2) is 23.2 Å². The second kappa shape index (κ2) is 7.35. The molecule has 0 spiro atoms. The fraction of sp³-hybridized carbons (Fsp3) is 0.632. The number of rotatable bonds is 5. The lowest BCUT2D eigenvalue weighted by Gasteiger charge is -2.17. The van der Waals surface area contributed by atoms with Gasteiger partial charge >= 0.3 is 0 Å². The fourth-order valence-electron chi connectivity index (χ4n) is 3.81. The molecule has 0 amide bonds. The maximum Gasteiger partial charge on any atom is 0.193 e. The first kappa shape index (κ1) is 16.3. The van der Waals surface area contributed by atoms with Crippen molar-refractivity contribution in [2.45, 2.75) is 39.5 Å². The lowest BCUT2D eigenvalue weighted by Crippen LogP contribution is -2.27. The Hall–Kier alpha value is -1.55. The second-order valence-corrected chi connectivity index (χ2v) is 7.50. The van der Waals surface area contributed by atoms with Gasteiger partial charge in [-0.25, -0.2) is 0 Å². The smallest absolute Gasteiger partial charge is 0.193 e. The van der Waals surface area contributed by atoms with Crippen LogP contribution < -0.4 is 11.1 Å². The molecule has 1 aliphatic heterocycles. The van der Waals surface area contributed by atoms with Gasteiger partial charge < -0.3 is 16.0 Å². The minimum Gasteiger partial charge on any atom is -0.370 e. The van der Waals surface area contributed by atoms with Gasteiger partial charge in [-0.15, -0.1) is 0 Å². The molecule has 4 nitrogen and oxygen atoms in total. The van der Waals surface area contributed by atoms with E-state index < -0.39 is 0 Å². The summed E-state index contributed by atoms with van der Waals surface area (Å²) in [6.45, 7) is 8.96. The molecule has 4 heteroatoms. The number of nitrogens with one attached hydrogen (secondary N) is 1. The van der Waals surface area contributed by atoms with E-state index in [1.807, 2.05) is 0 Å². The molecule has 126 valence electrons. The van der Waals surface area contributed by atoms with E-state index in [1.54, 1.807) is 0 Å². The molecule has 3 rings (SSSR count). The summed E-state index contributed by atoms with van der Waals surface area (Å²) < 4.78 is 0. The van der Waals surface area contributed by atoms with Crippen molar-refractivity contribution in [1.82, 2.24) is 4.90 Å². The van der Waals surface area contributed by atoms with Crippen LogP contribution in [0.1, 0.15) is 37.8 Å². The molecule has 2 aliphatic rings. The van der Waals surface area contributed by atoms with Gasteiger partial charge in [0.1, 0.15) is 0 Å². The van der Waals surface area contributed by atoms with E-state index >= 15 is 0 Å². The number of likely N-dealkylation sites (tertiary alicyclic amines) is 1. The van der Waals surface area contributed by atoms with Crippen molar-refractivity contribution in [3.8, 4) is 0 Å². The van der Waals surface area contributed by atoms with Crippen molar-refractivity contribution in [3.05, 3.63) is 29.3 Å². The van der Waals surface area contributed by atoms with Crippen LogP contribution in [-0.2, 0) is 12.8 Å². The Morgan fingerprint density at radius 3 is 3.00 bits per heavy atom. The number of aryl methyl sites for hydroxylation is 2. The normalized spacial score (nSPS) is 21.9. The summed E-state index contributed by atoms with van der Waals surface area (Å²) in [7, 11) is 0. The summed E-state index contributed by atoms with van der Waals surface area (Å²) in [5, 5.41) is 3.25. The summed E-state index contributed by atoms with van der Waals surface area (Å²) >= 11 is 0. The fourth-order valence-corrected chi connectivity index (χ4v) is 3.81.